The molecule has 0 aromatic rings. The normalized spacial score (nSPS) is 18.7. The maximum atomic E-state index is 5.58. The van der Waals surface area contributed by atoms with Gasteiger partial charge in [0, 0.05) is 32.8 Å². The van der Waals surface area contributed by atoms with Crippen LogP contribution >= 0.6 is 0 Å². The summed E-state index contributed by atoms with van der Waals surface area (Å²) in [6.07, 6.45) is 3.59. The van der Waals surface area contributed by atoms with Gasteiger partial charge in [-0.1, -0.05) is 0 Å². The molecular weight excluding hydrogens is 230 g/mol. The predicted molar refractivity (Wildman–Crippen MR) is 74.1 cm³/mol. The van der Waals surface area contributed by atoms with Crippen molar-refractivity contribution in [3.63, 3.8) is 0 Å². The summed E-state index contributed by atoms with van der Waals surface area (Å²) in [5, 5.41) is 6.39. The fourth-order valence-electron chi connectivity index (χ4n) is 1.86. The molecule has 0 amide bonds. The fourth-order valence-corrected chi connectivity index (χ4v) is 1.86. The lowest BCUT2D eigenvalue weighted by atomic mass is 10.2. The number of nitrogens with one attached hydrogen (secondary N) is 2. The van der Waals surface area contributed by atoms with Crippen LogP contribution in [0.15, 0.2) is 4.99 Å². The van der Waals surface area contributed by atoms with E-state index in [4.69, 9.17) is 9.47 Å². The van der Waals surface area contributed by atoms with Crippen molar-refractivity contribution in [2.24, 2.45) is 4.99 Å². The molecule has 0 aliphatic carbocycles. The molecule has 1 fully saturated rings. The number of ether oxygens (including phenoxy) is 2. The summed E-state index contributed by atoms with van der Waals surface area (Å²) < 4.78 is 11.1. The van der Waals surface area contributed by atoms with E-state index in [0.29, 0.717) is 6.10 Å². The molecule has 1 atom stereocenters. The summed E-state index contributed by atoms with van der Waals surface area (Å²) in [5.74, 6) is 0.888. The zero-order valence-corrected chi connectivity index (χ0v) is 11.7. The zero-order chi connectivity index (χ0) is 13.1. The second-order valence-corrected chi connectivity index (χ2v) is 4.35. The number of guanidine groups is 1. The van der Waals surface area contributed by atoms with Gasteiger partial charge in [-0.2, -0.15) is 0 Å². The number of nitrogens with zero attached hydrogens (tertiary/aromatic N) is 1. The SMILES string of the molecule is CCNC(=NCCCOCC1CCCO1)NCC. The van der Waals surface area contributed by atoms with Gasteiger partial charge in [-0.25, -0.2) is 0 Å². The molecule has 5 nitrogen and oxygen atoms in total. The molecule has 106 valence electrons. The lowest BCUT2D eigenvalue weighted by Crippen LogP contribution is -2.37. The van der Waals surface area contributed by atoms with Crippen molar-refractivity contribution in [2.45, 2.75) is 39.2 Å². The van der Waals surface area contributed by atoms with E-state index in [1.165, 1.54) is 6.42 Å². The molecule has 0 aromatic carbocycles. The van der Waals surface area contributed by atoms with Crippen LogP contribution in [-0.2, 0) is 9.47 Å². The minimum absolute atomic E-state index is 0.326. The Bertz CT molecular complexity index is 220. The first-order valence-electron chi connectivity index (χ1n) is 7.08. The molecule has 1 unspecified atom stereocenters. The van der Waals surface area contributed by atoms with Gasteiger partial charge in [0.1, 0.15) is 0 Å². The third-order valence-corrected chi connectivity index (χ3v) is 2.73. The second-order valence-electron chi connectivity index (χ2n) is 4.35. The van der Waals surface area contributed by atoms with Crippen molar-refractivity contribution in [1.82, 2.24) is 10.6 Å². The largest absolute Gasteiger partial charge is 0.379 e. The van der Waals surface area contributed by atoms with Gasteiger partial charge in [-0.3, -0.25) is 4.99 Å². The van der Waals surface area contributed by atoms with Gasteiger partial charge >= 0.3 is 0 Å². The molecule has 0 spiro atoms. The summed E-state index contributed by atoms with van der Waals surface area (Å²) in [6.45, 7) is 9.09. The van der Waals surface area contributed by atoms with E-state index >= 15 is 0 Å². The van der Waals surface area contributed by atoms with Crippen molar-refractivity contribution in [2.75, 3.05) is 39.5 Å². The van der Waals surface area contributed by atoms with Crippen LogP contribution in [0.25, 0.3) is 0 Å². The zero-order valence-electron chi connectivity index (χ0n) is 11.7. The summed E-state index contributed by atoms with van der Waals surface area (Å²) in [4.78, 5) is 4.46. The van der Waals surface area contributed by atoms with Gasteiger partial charge in [-0.15, -0.1) is 0 Å². The summed E-state index contributed by atoms with van der Waals surface area (Å²) >= 11 is 0. The average Bonchev–Trinajstić information content (AvgIpc) is 2.87. The quantitative estimate of drug-likeness (QED) is 0.389. The van der Waals surface area contributed by atoms with Crippen LogP contribution in [0.2, 0.25) is 0 Å². The Hall–Kier alpha value is -0.810. The number of hydrogen-bond acceptors (Lipinski definition) is 3. The molecule has 18 heavy (non-hydrogen) atoms. The number of rotatable bonds is 8. The van der Waals surface area contributed by atoms with Crippen LogP contribution in [-0.4, -0.2) is 51.5 Å². The smallest absolute Gasteiger partial charge is 0.191 e. The number of aliphatic imine (C=N–C) groups is 1. The molecule has 0 radical (unpaired) electrons. The van der Waals surface area contributed by atoms with Crippen LogP contribution in [0.1, 0.15) is 33.1 Å². The van der Waals surface area contributed by atoms with Gasteiger partial charge in [0.15, 0.2) is 5.96 Å². The molecule has 1 heterocycles. The molecule has 1 rings (SSSR count). The topological polar surface area (TPSA) is 54.9 Å². The highest BCUT2D eigenvalue weighted by molar-refractivity contribution is 5.79. The van der Waals surface area contributed by atoms with Crippen LogP contribution < -0.4 is 10.6 Å². The van der Waals surface area contributed by atoms with Crippen LogP contribution in [0.4, 0.5) is 0 Å². The van der Waals surface area contributed by atoms with Gasteiger partial charge < -0.3 is 20.1 Å². The van der Waals surface area contributed by atoms with Crippen LogP contribution in [0.5, 0.6) is 0 Å². The fraction of sp³-hybridized carbons (Fsp3) is 0.923. The maximum Gasteiger partial charge on any atom is 0.191 e. The highest BCUT2D eigenvalue weighted by Gasteiger charge is 2.14. The standard InChI is InChI=1S/C13H27N3O2/c1-3-14-13(15-4-2)16-8-6-9-17-11-12-7-5-10-18-12/h12H,3-11H2,1-2H3,(H2,14,15,16). The molecule has 0 aromatic heterocycles. The van der Waals surface area contributed by atoms with Gasteiger partial charge in [0.25, 0.3) is 0 Å². The Morgan fingerprint density at radius 2 is 2.11 bits per heavy atom. The van der Waals surface area contributed by atoms with Crippen molar-refractivity contribution >= 4 is 5.96 Å². The molecule has 5 heteroatoms. The highest BCUT2D eigenvalue weighted by atomic mass is 16.5. The van der Waals surface area contributed by atoms with E-state index in [1.807, 2.05) is 0 Å². The first-order valence-corrected chi connectivity index (χ1v) is 7.08. The molecule has 1 aliphatic heterocycles. The predicted octanol–water partition coefficient (Wildman–Crippen LogP) is 1.15. The van der Waals surface area contributed by atoms with E-state index in [2.05, 4.69) is 29.5 Å². The lowest BCUT2D eigenvalue weighted by molar-refractivity contribution is 0.0171. The maximum absolute atomic E-state index is 5.58. The van der Waals surface area contributed by atoms with Crippen LogP contribution in [0, 0.1) is 0 Å². The van der Waals surface area contributed by atoms with Gasteiger partial charge in [-0.05, 0) is 33.1 Å². The Kier molecular flexibility index (Phi) is 8.59. The minimum Gasteiger partial charge on any atom is -0.379 e. The minimum atomic E-state index is 0.326. The average molecular weight is 257 g/mol. The molecule has 1 aliphatic rings. The second kappa shape index (κ2) is 10.1. The van der Waals surface area contributed by atoms with Crippen molar-refractivity contribution in [3.8, 4) is 0 Å². The molecule has 0 bridgehead atoms. The highest BCUT2D eigenvalue weighted by Crippen LogP contribution is 2.11. The summed E-state index contributed by atoms with van der Waals surface area (Å²) in [7, 11) is 0. The number of hydrogen-bond donors (Lipinski definition) is 2. The first-order chi connectivity index (χ1) is 8.86. The van der Waals surface area contributed by atoms with E-state index in [-0.39, 0.29) is 0 Å². The van der Waals surface area contributed by atoms with E-state index in [1.54, 1.807) is 0 Å². The molecule has 2 N–H and O–H groups in total. The summed E-state index contributed by atoms with van der Waals surface area (Å²) in [6, 6.07) is 0. The van der Waals surface area contributed by atoms with Crippen molar-refractivity contribution in [1.29, 1.82) is 0 Å². The van der Waals surface area contributed by atoms with E-state index in [9.17, 15) is 0 Å². The van der Waals surface area contributed by atoms with E-state index in [0.717, 1.165) is 58.3 Å². The van der Waals surface area contributed by atoms with Crippen LogP contribution in [0.3, 0.4) is 0 Å². The van der Waals surface area contributed by atoms with Gasteiger partial charge in [0.2, 0.25) is 0 Å². The Labute approximate surface area is 110 Å². The van der Waals surface area contributed by atoms with Gasteiger partial charge in [0.05, 0.1) is 12.7 Å². The lowest BCUT2D eigenvalue weighted by Gasteiger charge is -2.10. The third kappa shape index (κ3) is 6.81. The Balaban J connectivity index is 1.99. The molecule has 1 saturated heterocycles. The van der Waals surface area contributed by atoms with E-state index < -0.39 is 0 Å². The van der Waals surface area contributed by atoms with Crippen molar-refractivity contribution in [3.05, 3.63) is 0 Å². The first kappa shape index (κ1) is 15.2. The van der Waals surface area contributed by atoms with Crippen molar-refractivity contribution < 1.29 is 9.47 Å². The Morgan fingerprint density at radius 1 is 1.33 bits per heavy atom. The monoisotopic (exact) mass is 257 g/mol. The Morgan fingerprint density at radius 3 is 2.72 bits per heavy atom. The third-order valence-electron chi connectivity index (χ3n) is 2.73. The molecule has 0 saturated carbocycles. The molecular formula is C13H27N3O2. The summed E-state index contributed by atoms with van der Waals surface area (Å²) in [5.41, 5.74) is 0.